The van der Waals surface area contributed by atoms with E-state index in [1.54, 1.807) is 36.4 Å². The Bertz CT molecular complexity index is 4160. The topological polar surface area (TPSA) is 400 Å². The van der Waals surface area contributed by atoms with Crippen molar-refractivity contribution < 1.29 is 125 Å². The molecule has 0 saturated heterocycles. The Labute approximate surface area is 755 Å². The van der Waals surface area contributed by atoms with E-state index in [0.29, 0.717) is 108 Å². The van der Waals surface area contributed by atoms with Gasteiger partial charge in [0.25, 0.3) is 0 Å². The summed E-state index contributed by atoms with van der Waals surface area (Å²) in [5.74, 6) is -1.52. The highest BCUT2D eigenvalue weighted by Gasteiger charge is 2.23. The first-order valence-electron chi connectivity index (χ1n) is 46.1. The van der Waals surface area contributed by atoms with E-state index in [1.807, 2.05) is 32.3 Å². The fourth-order valence-corrected chi connectivity index (χ4v) is 18.7. The minimum Gasteiger partial charge on any atom is -0.778 e. The van der Waals surface area contributed by atoms with E-state index >= 15 is 0 Å². The van der Waals surface area contributed by atoms with Gasteiger partial charge in [-0.05, 0) is 210 Å². The molecule has 4 unspecified atom stereocenters. The summed E-state index contributed by atoms with van der Waals surface area (Å²) in [5, 5.41) is 94.2. The molecule has 6 rings (SSSR count). The number of unbranched alkanes of at least 4 members (excludes halogenated alkanes) is 20. The maximum absolute atomic E-state index is 12.2. The summed E-state index contributed by atoms with van der Waals surface area (Å²) in [7, 11) is 1.38. The molecule has 6 aromatic carbocycles. The first-order chi connectivity index (χ1) is 59.4. The molecule has 716 valence electrons. The lowest BCUT2D eigenvalue weighted by Gasteiger charge is -2.31. The molecular formula is C96H160N4O22P4. The molecule has 0 bridgehead atoms. The highest BCUT2D eigenvalue weighted by atomic mass is 31.2. The van der Waals surface area contributed by atoms with Crippen LogP contribution in [0.2, 0.25) is 0 Å². The van der Waals surface area contributed by atoms with Crippen LogP contribution < -0.4 is 19.6 Å². The van der Waals surface area contributed by atoms with E-state index < -0.39 is 30.4 Å². The van der Waals surface area contributed by atoms with E-state index in [1.165, 1.54) is 176 Å². The number of aromatic hydroxyl groups is 10. The summed E-state index contributed by atoms with van der Waals surface area (Å²) in [5.41, 5.74) is 5.70. The Morgan fingerprint density at radius 1 is 0.230 bits per heavy atom. The Kier molecular flexibility index (Phi) is 55.5. The lowest BCUT2D eigenvalue weighted by Crippen LogP contribution is -2.43. The summed E-state index contributed by atoms with van der Waals surface area (Å²) in [6, 6.07) is 33.8. The van der Waals surface area contributed by atoms with E-state index in [-0.39, 0.29) is 109 Å². The van der Waals surface area contributed by atoms with Crippen LogP contribution in [-0.2, 0) is 74.9 Å². The number of hydrogen-bond donors (Lipinski definition) is 10. The minimum atomic E-state index is -3.90. The molecule has 4 atom stereocenters. The van der Waals surface area contributed by atoms with Crippen molar-refractivity contribution in [2.45, 2.75) is 232 Å². The van der Waals surface area contributed by atoms with Gasteiger partial charge in [0.05, 0.1) is 82.6 Å². The number of benzene rings is 6. The second-order valence-corrected chi connectivity index (χ2v) is 44.2. The number of rotatable bonds is 64. The zero-order valence-corrected chi connectivity index (χ0v) is 81.4. The average molecular weight is 1850 g/mol. The van der Waals surface area contributed by atoms with Gasteiger partial charge < -0.3 is 125 Å². The van der Waals surface area contributed by atoms with Crippen molar-refractivity contribution in [3.8, 4) is 57.5 Å². The van der Waals surface area contributed by atoms with Crippen molar-refractivity contribution in [3.05, 3.63) is 155 Å². The van der Waals surface area contributed by atoms with E-state index in [2.05, 4.69) is 68.3 Å². The average Bonchev–Trinajstić information content (AvgIpc) is 0.901. The smallest absolute Gasteiger partial charge is 0.157 e. The van der Waals surface area contributed by atoms with Crippen LogP contribution in [0.1, 0.15) is 227 Å². The van der Waals surface area contributed by atoms with Crippen molar-refractivity contribution in [2.24, 2.45) is 0 Å². The van der Waals surface area contributed by atoms with Gasteiger partial charge in [0.15, 0.2) is 57.5 Å². The molecule has 0 aromatic heterocycles. The summed E-state index contributed by atoms with van der Waals surface area (Å²) in [6.45, 7) is 11.7. The maximum Gasteiger partial charge on any atom is 0.157 e. The monoisotopic (exact) mass is 1850 g/mol. The number of phenolic OH excluding ortho intramolecular Hbond substituents is 10. The van der Waals surface area contributed by atoms with E-state index in [4.69, 9.17) is 18.1 Å². The molecule has 126 heavy (non-hydrogen) atoms. The molecule has 0 radical (unpaired) electrons. The van der Waals surface area contributed by atoms with Crippen molar-refractivity contribution >= 4 is 30.4 Å². The zero-order valence-electron chi connectivity index (χ0n) is 77.9. The molecule has 6 aromatic rings. The van der Waals surface area contributed by atoms with Gasteiger partial charge >= 0.3 is 0 Å². The van der Waals surface area contributed by atoms with Crippen LogP contribution in [-0.4, -0.2) is 229 Å². The van der Waals surface area contributed by atoms with Crippen molar-refractivity contribution in [1.29, 1.82) is 0 Å². The first kappa shape index (κ1) is 114. The lowest BCUT2D eigenvalue weighted by atomic mass is 10.1. The highest BCUT2D eigenvalue weighted by Crippen LogP contribution is 2.42. The SMILES string of the molecule is CCCCCCCCCCCC[N+](C)(C)CCOP(=O)([O-])CCCCc1ccc(O)c(O)c1.CCCCCCCCCC[N+](C)(C)CCOP(=O)([O-])CCCCc1ccc(O)c(O)c1.C[N+](C)(CCCc1ccc(O)c(O)c1)CCOP(=O)([O-])CCCCc1ccc(O)c(O)c1.C[N+](C)(CCCc1ccccc1)CCOP(=O)([O-])CCCCc1ccc(O)c(O)c1. The molecule has 0 heterocycles. The molecule has 0 amide bonds. The quantitative estimate of drug-likeness (QED) is 0.00734. The number of nitrogens with zero attached hydrogens (tertiary/aromatic N) is 4. The van der Waals surface area contributed by atoms with E-state index in [0.717, 1.165) is 93.1 Å². The molecule has 0 aliphatic carbocycles. The minimum absolute atomic E-state index is 0.0124. The largest absolute Gasteiger partial charge is 0.778 e. The predicted octanol–water partition coefficient (Wildman–Crippen LogP) is 18.0. The third-order valence-corrected chi connectivity index (χ3v) is 28.5. The highest BCUT2D eigenvalue weighted by molar-refractivity contribution is 7.52. The molecule has 0 aliphatic rings. The van der Waals surface area contributed by atoms with E-state index in [9.17, 15) is 88.9 Å². The van der Waals surface area contributed by atoms with Gasteiger partial charge in [-0.2, -0.15) is 0 Å². The maximum atomic E-state index is 12.2. The summed E-state index contributed by atoms with van der Waals surface area (Å²) in [4.78, 5) is 48.7. The Hall–Kier alpha value is -6.24. The molecule has 10 N–H and O–H groups in total. The lowest BCUT2D eigenvalue weighted by molar-refractivity contribution is -0.890. The van der Waals surface area contributed by atoms with Gasteiger partial charge in [0.1, 0.15) is 83.0 Å². The Balaban J connectivity index is 0.000000434. The van der Waals surface area contributed by atoms with Crippen LogP contribution in [0, 0.1) is 0 Å². The third-order valence-electron chi connectivity index (χ3n) is 22.8. The third kappa shape index (κ3) is 56.4. The van der Waals surface area contributed by atoms with Gasteiger partial charge in [0.2, 0.25) is 0 Å². The second-order valence-electron chi connectivity index (χ2n) is 36.5. The molecule has 0 aliphatic heterocycles. The number of aryl methyl sites for hydroxylation is 6. The van der Waals surface area contributed by atoms with Crippen LogP contribution in [0.15, 0.2) is 121 Å². The van der Waals surface area contributed by atoms with Crippen molar-refractivity contribution in [2.75, 3.05) is 160 Å². The van der Waals surface area contributed by atoms with Crippen LogP contribution >= 0.6 is 30.4 Å². The van der Waals surface area contributed by atoms with Gasteiger partial charge in [-0.15, -0.1) is 0 Å². The normalized spacial score (nSPS) is 13.8. The van der Waals surface area contributed by atoms with Crippen LogP contribution in [0.4, 0.5) is 0 Å². The fraction of sp³-hybridized carbons (Fsp3) is 0.625. The van der Waals surface area contributed by atoms with Gasteiger partial charge in [0, 0.05) is 37.5 Å². The molecule has 0 spiro atoms. The molecule has 0 fully saturated rings. The summed E-state index contributed by atoms with van der Waals surface area (Å²) in [6.07, 6.45) is 34.4. The van der Waals surface area contributed by atoms with Gasteiger partial charge in [-0.3, -0.25) is 0 Å². The van der Waals surface area contributed by atoms with Crippen LogP contribution in [0.5, 0.6) is 57.5 Å². The zero-order chi connectivity index (χ0) is 93.6. The van der Waals surface area contributed by atoms with Gasteiger partial charge in [-0.25, -0.2) is 0 Å². The number of phenols is 10. The Morgan fingerprint density at radius 3 is 0.651 bits per heavy atom. The summed E-state index contributed by atoms with van der Waals surface area (Å²) < 4.78 is 72.5. The molecule has 0 saturated carbocycles. The fourth-order valence-electron chi connectivity index (χ4n) is 14.3. The Morgan fingerprint density at radius 2 is 0.429 bits per heavy atom. The van der Waals surface area contributed by atoms with Crippen molar-refractivity contribution in [3.63, 3.8) is 0 Å². The van der Waals surface area contributed by atoms with Gasteiger partial charge in [-0.1, -0.05) is 164 Å². The molecule has 26 nitrogen and oxygen atoms in total. The number of likely N-dealkylation sites (N-methyl/N-ethyl adjacent to an activating group) is 4. The molecule has 30 heteroatoms. The standard InChI is InChI=1S/C26H48NO5P.C24H44NO5P.C23H34NO7P.C23H34NO5P/c1-4-5-6-7-8-9-10-11-12-14-19-27(2,3)20-21-32-33(30,31)22-15-13-16-24-17-18-25(28)26(29)23-24;1-4-5-6-7-8-9-10-12-17-25(2,3)18-19-30-31(28,29)20-13-11-14-22-15-16-23(26)24(27)21-22;1-24(2,12-5-7-19-9-11-21(26)23(28)17-19)13-14-31-32(29,30)15-4-3-6-18-8-10-20(25)22(27)16-18;1-24(2,15-8-12-20-9-4-3-5-10-20)16-17-29-30(27,28)18-7-6-11-21-13-14-22(25)23(26)19-21/h17-18,23H,4-16,19-22H2,1-3H3,(H2-,28,29,30,31);15-16,21H,4-14,17-20H2,1-3H3,(H2-,26,27,28,29);8-11,16-17H,3-7,12-15H2,1-2H3,(H4-,25,26,27,28,29,30);3-5,9-10,13-14,19H,6-8,11-12,15-18H2,1-2H3,(H2-,25,26,27,28). The molecular weight excluding hydrogens is 1680 g/mol. The van der Waals surface area contributed by atoms with Crippen molar-refractivity contribution in [1.82, 2.24) is 0 Å². The summed E-state index contributed by atoms with van der Waals surface area (Å²) >= 11 is 0. The van der Waals surface area contributed by atoms with Crippen LogP contribution in [0.25, 0.3) is 0 Å². The first-order valence-corrected chi connectivity index (χ1v) is 53.0. The second kappa shape index (κ2) is 61.4. The number of hydrogen-bond acceptors (Lipinski definition) is 22. The number of quaternary nitrogens is 4. The van der Waals surface area contributed by atoms with Crippen LogP contribution in [0.3, 0.4) is 0 Å². The predicted molar refractivity (Wildman–Crippen MR) is 499 cm³/mol.